The van der Waals surface area contributed by atoms with Gasteiger partial charge in [-0.05, 0) is 6.92 Å². The summed E-state index contributed by atoms with van der Waals surface area (Å²) in [6, 6.07) is 0. The van der Waals surface area contributed by atoms with Gasteiger partial charge in [-0.15, -0.1) is 0 Å². The predicted octanol–water partition coefficient (Wildman–Crippen LogP) is -0.729. The molecule has 1 heterocycles. The molecule has 0 saturated carbocycles. The first-order valence-electron chi connectivity index (χ1n) is 4.72. The number of hydrogen-bond donors (Lipinski definition) is 1. The van der Waals surface area contributed by atoms with Crippen LogP contribution in [0.1, 0.15) is 6.92 Å². The van der Waals surface area contributed by atoms with Crippen molar-refractivity contribution in [3.8, 4) is 0 Å². The van der Waals surface area contributed by atoms with Crippen molar-refractivity contribution in [1.29, 1.82) is 0 Å². The van der Waals surface area contributed by atoms with E-state index in [-0.39, 0.29) is 25.4 Å². The van der Waals surface area contributed by atoms with Crippen molar-refractivity contribution in [2.24, 2.45) is 11.1 Å². The van der Waals surface area contributed by atoms with Gasteiger partial charge >= 0.3 is 5.97 Å². The van der Waals surface area contributed by atoms with Gasteiger partial charge in [0.2, 0.25) is 10.0 Å². The Balaban J connectivity index is 2.85. The Morgan fingerprint density at radius 2 is 2.31 bits per heavy atom. The molecule has 16 heavy (non-hydrogen) atoms. The second kappa shape index (κ2) is 4.79. The lowest BCUT2D eigenvalue weighted by molar-refractivity contribution is -0.145. The molecule has 1 N–H and O–H groups in total. The van der Waals surface area contributed by atoms with E-state index in [2.05, 4.69) is 5.16 Å². The van der Waals surface area contributed by atoms with Gasteiger partial charge in [0, 0.05) is 6.54 Å². The molecule has 0 aromatic rings. The molecule has 1 unspecified atom stereocenters. The first-order valence-corrected chi connectivity index (χ1v) is 6.57. The molecule has 1 aliphatic rings. The van der Waals surface area contributed by atoms with Crippen LogP contribution >= 0.6 is 0 Å². The monoisotopic (exact) mass is 250 g/mol. The number of oxime groups is 1. The standard InChI is InChI=1S/C8H14N2O5S/c1-3-15-8(11)6-4-10(16(2,13)14)5-7(6)9-12/h6,12H,3-5H2,1-2H3/b9-7-. The van der Waals surface area contributed by atoms with Crippen molar-refractivity contribution in [3.63, 3.8) is 0 Å². The average molecular weight is 250 g/mol. The lowest BCUT2D eigenvalue weighted by Crippen LogP contribution is -2.29. The number of esters is 1. The molecule has 1 aliphatic heterocycles. The summed E-state index contributed by atoms with van der Waals surface area (Å²) in [5.74, 6) is -1.37. The van der Waals surface area contributed by atoms with Gasteiger partial charge in [0.05, 0.1) is 25.1 Å². The molecule has 0 spiro atoms. The first kappa shape index (κ1) is 12.9. The number of sulfonamides is 1. The molecule has 0 bridgehead atoms. The quantitative estimate of drug-likeness (QED) is 0.405. The molecule has 0 radical (unpaired) electrons. The van der Waals surface area contributed by atoms with E-state index in [1.54, 1.807) is 6.92 Å². The Morgan fingerprint density at radius 1 is 1.69 bits per heavy atom. The van der Waals surface area contributed by atoms with Crippen LogP contribution in [0.15, 0.2) is 5.16 Å². The maximum atomic E-state index is 11.5. The molecule has 92 valence electrons. The van der Waals surface area contributed by atoms with Crippen LogP contribution in [0.4, 0.5) is 0 Å². The predicted molar refractivity (Wildman–Crippen MR) is 55.8 cm³/mol. The third-order valence-electron chi connectivity index (χ3n) is 2.30. The number of rotatable bonds is 3. The van der Waals surface area contributed by atoms with Crippen LogP contribution in [-0.2, 0) is 19.6 Å². The maximum absolute atomic E-state index is 11.5. The van der Waals surface area contributed by atoms with Gasteiger partial charge in [0.25, 0.3) is 0 Å². The minimum atomic E-state index is -3.39. The molecular formula is C8H14N2O5S. The highest BCUT2D eigenvalue weighted by atomic mass is 32.2. The van der Waals surface area contributed by atoms with Gasteiger partial charge in [-0.2, -0.15) is 4.31 Å². The first-order chi connectivity index (χ1) is 7.40. The van der Waals surface area contributed by atoms with E-state index in [9.17, 15) is 13.2 Å². The molecule has 1 atom stereocenters. The topological polar surface area (TPSA) is 96.3 Å². The minimum absolute atomic E-state index is 0.0307. The van der Waals surface area contributed by atoms with E-state index in [4.69, 9.17) is 9.94 Å². The molecule has 0 aliphatic carbocycles. The highest BCUT2D eigenvalue weighted by Gasteiger charge is 2.39. The molecule has 0 aromatic heterocycles. The lowest BCUT2D eigenvalue weighted by atomic mass is 10.1. The zero-order valence-corrected chi connectivity index (χ0v) is 9.90. The summed E-state index contributed by atoms with van der Waals surface area (Å²) in [5, 5.41) is 11.6. The number of carbonyl (C=O) groups is 1. The summed E-state index contributed by atoms with van der Waals surface area (Å²) < 4.78 is 28.4. The van der Waals surface area contributed by atoms with Crippen LogP contribution in [0.25, 0.3) is 0 Å². The Hall–Kier alpha value is -1.15. The summed E-state index contributed by atoms with van der Waals surface area (Å²) in [7, 11) is -3.39. The molecule has 1 rings (SSSR count). The summed E-state index contributed by atoms with van der Waals surface area (Å²) >= 11 is 0. The van der Waals surface area contributed by atoms with Gasteiger partial charge < -0.3 is 9.94 Å². The summed E-state index contributed by atoms with van der Waals surface area (Å²) in [5.41, 5.74) is 0.115. The molecule has 1 saturated heterocycles. The van der Waals surface area contributed by atoms with E-state index < -0.39 is 21.9 Å². The largest absolute Gasteiger partial charge is 0.465 e. The van der Waals surface area contributed by atoms with E-state index in [1.807, 2.05) is 0 Å². The molecule has 0 aromatic carbocycles. The van der Waals surface area contributed by atoms with Crippen molar-refractivity contribution in [1.82, 2.24) is 4.31 Å². The highest BCUT2D eigenvalue weighted by molar-refractivity contribution is 7.88. The number of ether oxygens (including phenoxy) is 1. The fourth-order valence-corrected chi connectivity index (χ4v) is 2.26. The summed E-state index contributed by atoms with van der Waals surface area (Å²) in [6.45, 7) is 1.75. The van der Waals surface area contributed by atoms with Crippen LogP contribution in [0.2, 0.25) is 0 Å². The molecular weight excluding hydrogens is 236 g/mol. The smallest absolute Gasteiger partial charge is 0.316 e. The lowest BCUT2D eigenvalue weighted by Gasteiger charge is -2.11. The van der Waals surface area contributed by atoms with Crippen molar-refractivity contribution < 1.29 is 23.2 Å². The summed E-state index contributed by atoms with van der Waals surface area (Å²) in [6.07, 6.45) is 1.04. The number of nitrogens with zero attached hydrogens (tertiary/aromatic N) is 2. The molecule has 7 nitrogen and oxygen atoms in total. The average Bonchev–Trinajstić information content (AvgIpc) is 2.61. The highest BCUT2D eigenvalue weighted by Crippen LogP contribution is 2.18. The van der Waals surface area contributed by atoms with Gasteiger partial charge in [-0.25, -0.2) is 8.42 Å². The molecule has 8 heteroatoms. The fourth-order valence-electron chi connectivity index (χ4n) is 1.47. The minimum Gasteiger partial charge on any atom is -0.465 e. The Bertz CT molecular complexity index is 403. The van der Waals surface area contributed by atoms with Crippen molar-refractivity contribution >= 4 is 21.7 Å². The van der Waals surface area contributed by atoms with E-state index in [0.29, 0.717) is 0 Å². The van der Waals surface area contributed by atoms with E-state index >= 15 is 0 Å². The van der Waals surface area contributed by atoms with Gasteiger partial charge in [-0.3, -0.25) is 4.79 Å². The van der Waals surface area contributed by atoms with Crippen LogP contribution in [-0.4, -0.2) is 55.6 Å². The van der Waals surface area contributed by atoms with Crippen molar-refractivity contribution in [3.05, 3.63) is 0 Å². The second-order valence-electron chi connectivity index (χ2n) is 3.45. The zero-order chi connectivity index (χ0) is 12.3. The molecule has 0 amide bonds. The van der Waals surface area contributed by atoms with Crippen LogP contribution in [0.5, 0.6) is 0 Å². The van der Waals surface area contributed by atoms with Gasteiger partial charge in [-0.1, -0.05) is 5.16 Å². The van der Waals surface area contributed by atoms with Crippen LogP contribution in [0, 0.1) is 5.92 Å². The van der Waals surface area contributed by atoms with Crippen LogP contribution < -0.4 is 0 Å². The van der Waals surface area contributed by atoms with E-state index in [0.717, 1.165) is 10.6 Å². The third kappa shape index (κ3) is 2.70. The molecule has 1 fully saturated rings. The second-order valence-corrected chi connectivity index (χ2v) is 5.43. The Kier molecular flexibility index (Phi) is 3.87. The SMILES string of the molecule is CCOC(=O)C1CN(S(C)(=O)=O)C/C1=N/O. The van der Waals surface area contributed by atoms with Crippen molar-refractivity contribution in [2.75, 3.05) is 26.0 Å². The fraction of sp³-hybridized carbons (Fsp3) is 0.750. The van der Waals surface area contributed by atoms with Crippen molar-refractivity contribution in [2.45, 2.75) is 6.92 Å². The summed E-state index contributed by atoms with van der Waals surface area (Å²) in [4.78, 5) is 11.5. The van der Waals surface area contributed by atoms with Crippen LogP contribution in [0.3, 0.4) is 0 Å². The van der Waals surface area contributed by atoms with Gasteiger partial charge in [0.1, 0.15) is 5.92 Å². The number of hydrogen-bond acceptors (Lipinski definition) is 6. The zero-order valence-electron chi connectivity index (χ0n) is 9.08. The Labute approximate surface area is 93.7 Å². The Morgan fingerprint density at radius 3 is 2.75 bits per heavy atom. The van der Waals surface area contributed by atoms with E-state index in [1.165, 1.54) is 0 Å². The van der Waals surface area contributed by atoms with Gasteiger partial charge in [0.15, 0.2) is 0 Å². The third-order valence-corrected chi connectivity index (χ3v) is 3.51. The number of carbonyl (C=O) groups excluding carboxylic acids is 1. The maximum Gasteiger partial charge on any atom is 0.316 e. The normalized spacial score (nSPS) is 24.9.